The molecule has 0 aromatic heterocycles. The van der Waals surface area contributed by atoms with E-state index in [0.29, 0.717) is 5.11 Å². The van der Waals surface area contributed by atoms with E-state index < -0.39 is 0 Å². The van der Waals surface area contributed by atoms with E-state index in [1.165, 1.54) is 38.5 Å². The summed E-state index contributed by atoms with van der Waals surface area (Å²) in [4.78, 5) is 0. The van der Waals surface area contributed by atoms with Crippen molar-refractivity contribution in [1.29, 1.82) is 0 Å². The Labute approximate surface area is 103 Å². The van der Waals surface area contributed by atoms with Crippen molar-refractivity contribution in [2.75, 3.05) is 26.2 Å². The number of rotatable bonds is 2. The maximum atomic E-state index is 5.87. The number of thiocarbonyl (C=S) groups is 1. The zero-order valence-electron chi connectivity index (χ0n) is 9.90. The summed E-state index contributed by atoms with van der Waals surface area (Å²) in [5.74, 6) is 0. The Morgan fingerprint density at radius 2 is 1.19 bits per heavy atom. The molecule has 16 heavy (non-hydrogen) atoms. The van der Waals surface area contributed by atoms with Gasteiger partial charge < -0.3 is 5.73 Å². The minimum atomic E-state index is 0.504. The Balaban J connectivity index is 1.99. The molecule has 2 aliphatic heterocycles. The number of nitrogens with two attached hydrogens (primary N) is 1. The number of hydrogen-bond donors (Lipinski definition) is 1. The maximum Gasteiger partial charge on any atom is 0.196 e. The summed E-state index contributed by atoms with van der Waals surface area (Å²) in [6.45, 7) is 4.36. The van der Waals surface area contributed by atoms with Crippen molar-refractivity contribution in [3.05, 3.63) is 0 Å². The summed E-state index contributed by atoms with van der Waals surface area (Å²) in [7, 11) is 0. The van der Waals surface area contributed by atoms with Crippen molar-refractivity contribution in [2.45, 2.75) is 38.5 Å². The van der Waals surface area contributed by atoms with Crippen LogP contribution in [0.3, 0.4) is 0 Å². The van der Waals surface area contributed by atoms with Gasteiger partial charge in [0.15, 0.2) is 5.11 Å². The van der Waals surface area contributed by atoms with Crippen LogP contribution in [0.1, 0.15) is 38.5 Å². The first kappa shape index (κ1) is 12.1. The predicted octanol–water partition coefficient (Wildman–Crippen LogP) is 1.33. The van der Waals surface area contributed by atoms with Crippen molar-refractivity contribution >= 4 is 17.3 Å². The lowest BCUT2D eigenvalue weighted by Crippen LogP contribution is -2.60. The molecule has 4 nitrogen and oxygen atoms in total. The maximum absolute atomic E-state index is 5.87. The highest BCUT2D eigenvalue weighted by Crippen LogP contribution is 2.17. The highest BCUT2D eigenvalue weighted by atomic mass is 32.1. The second-order valence-corrected chi connectivity index (χ2v) is 5.07. The van der Waals surface area contributed by atoms with Crippen LogP contribution in [0.25, 0.3) is 0 Å². The zero-order valence-corrected chi connectivity index (χ0v) is 10.7. The Hall–Kier alpha value is -0.390. The van der Waals surface area contributed by atoms with E-state index in [1.54, 1.807) is 0 Å². The molecular formula is C11H22N4S. The van der Waals surface area contributed by atoms with Gasteiger partial charge in [-0.1, -0.05) is 12.8 Å². The third kappa shape index (κ3) is 2.84. The van der Waals surface area contributed by atoms with Crippen molar-refractivity contribution in [3.8, 4) is 0 Å². The van der Waals surface area contributed by atoms with Gasteiger partial charge >= 0.3 is 0 Å². The van der Waals surface area contributed by atoms with E-state index >= 15 is 0 Å². The summed E-state index contributed by atoms with van der Waals surface area (Å²) in [6, 6.07) is 0. The summed E-state index contributed by atoms with van der Waals surface area (Å²) >= 11 is 5.20. The van der Waals surface area contributed by atoms with E-state index in [4.69, 9.17) is 18.0 Å². The average Bonchev–Trinajstić information content (AvgIpc) is 2.31. The number of nitrogens with zero attached hydrogens (tertiary/aromatic N) is 3. The van der Waals surface area contributed by atoms with Gasteiger partial charge in [-0.2, -0.15) is 0 Å². The Morgan fingerprint density at radius 1 is 0.812 bits per heavy atom. The van der Waals surface area contributed by atoms with Crippen LogP contribution in [0.2, 0.25) is 0 Å². The fourth-order valence-electron chi connectivity index (χ4n) is 2.59. The second-order valence-electron chi connectivity index (χ2n) is 4.66. The monoisotopic (exact) mass is 242 g/mol. The minimum Gasteiger partial charge on any atom is -0.374 e. The molecule has 0 aromatic rings. The molecule has 0 aliphatic carbocycles. The molecule has 2 aliphatic rings. The molecule has 5 heteroatoms. The van der Waals surface area contributed by atoms with Crippen molar-refractivity contribution in [3.63, 3.8) is 0 Å². The first-order chi connectivity index (χ1) is 7.79. The van der Waals surface area contributed by atoms with Crippen molar-refractivity contribution in [2.24, 2.45) is 5.73 Å². The van der Waals surface area contributed by atoms with Crippen LogP contribution < -0.4 is 5.73 Å². The average molecular weight is 242 g/mol. The molecule has 92 valence electrons. The topological polar surface area (TPSA) is 35.7 Å². The molecule has 0 spiro atoms. The lowest BCUT2D eigenvalue weighted by Gasteiger charge is -2.45. The zero-order chi connectivity index (χ0) is 11.4. The minimum absolute atomic E-state index is 0.504. The van der Waals surface area contributed by atoms with Crippen LogP contribution in [-0.4, -0.2) is 46.4 Å². The van der Waals surface area contributed by atoms with Gasteiger partial charge in [0.05, 0.1) is 0 Å². The van der Waals surface area contributed by atoms with Crippen LogP contribution in [0.15, 0.2) is 0 Å². The molecular weight excluding hydrogens is 220 g/mol. The van der Waals surface area contributed by atoms with E-state index in [-0.39, 0.29) is 0 Å². The van der Waals surface area contributed by atoms with E-state index in [1.807, 2.05) is 0 Å². The summed E-state index contributed by atoms with van der Waals surface area (Å²) in [6.07, 6.45) is 7.70. The molecule has 2 saturated heterocycles. The van der Waals surface area contributed by atoms with Gasteiger partial charge in [-0.05, 0) is 37.9 Å². The molecule has 2 rings (SSSR count). The quantitative estimate of drug-likeness (QED) is 0.739. The third-order valence-corrected chi connectivity index (χ3v) is 3.56. The van der Waals surface area contributed by atoms with Gasteiger partial charge in [0.2, 0.25) is 0 Å². The number of hydrazine groups is 2. The molecule has 0 unspecified atom stereocenters. The SMILES string of the molecule is NC(=S)N(N1CCCCC1)N1CCCCC1. The third-order valence-electron chi connectivity index (χ3n) is 3.40. The van der Waals surface area contributed by atoms with Gasteiger partial charge in [0, 0.05) is 26.2 Å². The van der Waals surface area contributed by atoms with Crippen LogP contribution in [0.5, 0.6) is 0 Å². The first-order valence-electron chi connectivity index (χ1n) is 6.38. The molecule has 2 heterocycles. The Bertz CT molecular complexity index is 216. The highest BCUT2D eigenvalue weighted by molar-refractivity contribution is 7.80. The van der Waals surface area contributed by atoms with Gasteiger partial charge in [-0.3, -0.25) is 0 Å². The second kappa shape index (κ2) is 5.80. The summed E-state index contributed by atoms with van der Waals surface area (Å²) in [5.41, 5.74) is 5.87. The Kier molecular flexibility index (Phi) is 4.37. The van der Waals surface area contributed by atoms with Gasteiger partial charge in [0.25, 0.3) is 0 Å². The lowest BCUT2D eigenvalue weighted by atomic mass is 10.1. The molecule has 0 bridgehead atoms. The number of piperidine rings is 2. The molecule has 0 saturated carbocycles. The Morgan fingerprint density at radius 3 is 1.50 bits per heavy atom. The van der Waals surface area contributed by atoms with Crippen LogP contribution in [0.4, 0.5) is 0 Å². The summed E-state index contributed by atoms with van der Waals surface area (Å²) < 4.78 is 0. The van der Waals surface area contributed by atoms with Crippen LogP contribution in [-0.2, 0) is 0 Å². The fourth-order valence-corrected chi connectivity index (χ4v) is 2.82. The predicted molar refractivity (Wildman–Crippen MR) is 69.5 cm³/mol. The molecule has 0 amide bonds. The lowest BCUT2D eigenvalue weighted by molar-refractivity contribution is -0.139. The van der Waals surface area contributed by atoms with Gasteiger partial charge in [0.1, 0.15) is 0 Å². The standard InChI is InChI=1S/C11H22N4S/c12-11(16)15(13-7-3-1-4-8-13)14-9-5-2-6-10-14/h1-10H2,(H2,12,16). The van der Waals surface area contributed by atoms with Crippen molar-refractivity contribution in [1.82, 2.24) is 15.1 Å². The van der Waals surface area contributed by atoms with Crippen LogP contribution >= 0.6 is 12.2 Å². The molecule has 2 N–H and O–H groups in total. The molecule has 2 fully saturated rings. The smallest absolute Gasteiger partial charge is 0.196 e. The molecule has 0 atom stereocenters. The highest BCUT2D eigenvalue weighted by Gasteiger charge is 2.26. The van der Waals surface area contributed by atoms with Gasteiger partial charge in [-0.25, -0.2) is 15.1 Å². The van der Waals surface area contributed by atoms with Gasteiger partial charge in [-0.15, -0.1) is 0 Å². The first-order valence-corrected chi connectivity index (χ1v) is 6.79. The molecule has 0 aromatic carbocycles. The summed E-state index contributed by atoms with van der Waals surface area (Å²) in [5, 5.41) is 7.20. The number of hydrogen-bond acceptors (Lipinski definition) is 3. The largest absolute Gasteiger partial charge is 0.374 e. The molecule has 0 radical (unpaired) electrons. The fraction of sp³-hybridized carbons (Fsp3) is 0.909. The van der Waals surface area contributed by atoms with E-state index in [9.17, 15) is 0 Å². The van der Waals surface area contributed by atoms with E-state index in [2.05, 4.69) is 15.1 Å². The van der Waals surface area contributed by atoms with Crippen LogP contribution in [0, 0.1) is 0 Å². The van der Waals surface area contributed by atoms with E-state index in [0.717, 1.165) is 26.2 Å². The normalized spacial score (nSPS) is 24.2. The van der Waals surface area contributed by atoms with Crippen molar-refractivity contribution < 1.29 is 0 Å².